The molecule has 0 bridgehead atoms. The summed E-state index contributed by atoms with van der Waals surface area (Å²) in [4.78, 5) is 60.7. The van der Waals surface area contributed by atoms with Gasteiger partial charge in [0.15, 0.2) is 0 Å². The summed E-state index contributed by atoms with van der Waals surface area (Å²) in [6, 6.07) is 2.54. The Morgan fingerprint density at radius 1 is 1.09 bits per heavy atom. The van der Waals surface area contributed by atoms with E-state index in [9.17, 15) is 29.1 Å². The third-order valence-electron chi connectivity index (χ3n) is 4.97. The van der Waals surface area contributed by atoms with Gasteiger partial charge in [-0.1, -0.05) is 12.1 Å². The number of nitrogens with two attached hydrogens (primary N) is 1. The van der Waals surface area contributed by atoms with Gasteiger partial charge >= 0.3 is 11.9 Å². The first-order chi connectivity index (χ1) is 15.1. The van der Waals surface area contributed by atoms with Gasteiger partial charge in [-0.05, 0) is 30.5 Å². The molecular formula is C20H26N4O8. The molecule has 0 aliphatic carbocycles. The number of carbonyl (C=O) groups is 5. The van der Waals surface area contributed by atoms with E-state index in [4.69, 9.17) is 15.9 Å². The Hall–Kier alpha value is -3.67. The van der Waals surface area contributed by atoms with Gasteiger partial charge in [0, 0.05) is 13.0 Å². The van der Waals surface area contributed by atoms with Crippen LogP contribution in [-0.2, 0) is 30.4 Å². The lowest BCUT2D eigenvalue weighted by molar-refractivity contribution is -0.144. The second-order valence-corrected chi connectivity index (χ2v) is 7.44. The monoisotopic (exact) mass is 450 g/mol. The highest BCUT2D eigenvalue weighted by atomic mass is 16.4. The van der Waals surface area contributed by atoms with E-state index in [-0.39, 0.29) is 18.7 Å². The van der Waals surface area contributed by atoms with Gasteiger partial charge in [-0.3, -0.25) is 24.0 Å². The van der Waals surface area contributed by atoms with Crippen LogP contribution in [0.1, 0.15) is 24.8 Å². The molecule has 3 unspecified atom stereocenters. The van der Waals surface area contributed by atoms with Gasteiger partial charge in [-0.25, -0.2) is 0 Å². The van der Waals surface area contributed by atoms with Gasteiger partial charge in [0.05, 0.1) is 12.5 Å². The summed E-state index contributed by atoms with van der Waals surface area (Å²) >= 11 is 0. The maximum atomic E-state index is 12.9. The minimum absolute atomic E-state index is 0.0106. The molecule has 1 saturated heterocycles. The van der Waals surface area contributed by atoms with E-state index in [0.717, 1.165) is 0 Å². The molecule has 12 nitrogen and oxygen atoms in total. The van der Waals surface area contributed by atoms with Crippen LogP contribution in [0.15, 0.2) is 24.3 Å². The summed E-state index contributed by atoms with van der Waals surface area (Å²) in [7, 11) is 0. The summed E-state index contributed by atoms with van der Waals surface area (Å²) in [6.07, 6.45) is 0.235. The number of rotatable bonds is 10. The minimum atomic E-state index is -1.30. The molecule has 0 aromatic heterocycles. The number of nitrogens with zero attached hydrogens (tertiary/aromatic N) is 1. The van der Waals surface area contributed by atoms with Crippen molar-refractivity contribution >= 4 is 29.7 Å². The van der Waals surface area contributed by atoms with Crippen molar-refractivity contribution in [2.45, 2.75) is 43.8 Å². The van der Waals surface area contributed by atoms with Crippen molar-refractivity contribution in [2.75, 3.05) is 13.1 Å². The number of benzene rings is 1. The zero-order chi connectivity index (χ0) is 23.8. The highest BCUT2D eigenvalue weighted by Gasteiger charge is 2.38. The van der Waals surface area contributed by atoms with Gasteiger partial charge in [0.1, 0.15) is 24.4 Å². The molecule has 1 aliphatic rings. The maximum absolute atomic E-state index is 12.9. The van der Waals surface area contributed by atoms with Crippen LogP contribution in [0, 0.1) is 0 Å². The van der Waals surface area contributed by atoms with Crippen LogP contribution in [0.2, 0.25) is 0 Å². The molecule has 1 aromatic rings. The normalized spacial score (nSPS) is 17.3. The Morgan fingerprint density at radius 3 is 2.34 bits per heavy atom. The average Bonchev–Trinajstić information content (AvgIpc) is 3.21. The summed E-state index contributed by atoms with van der Waals surface area (Å²) < 4.78 is 0. The van der Waals surface area contributed by atoms with Gasteiger partial charge in [-0.2, -0.15) is 0 Å². The molecule has 3 amide bonds. The number of amides is 3. The minimum Gasteiger partial charge on any atom is -0.508 e. The van der Waals surface area contributed by atoms with Crippen LogP contribution in [0.25, 0.3) is 0 Å². The number of carboxylic acid groups (broad SMARTS) is 2. The van der Waals surface area contributed by atoms with Crippen LogP contribution >= 0.6 is 0 Å². The molecule has 0 saturated carbocycles. The average molecular weight is 450 g/mol. The Bertz CT molecular complexity index is 873. The Labute approximate surface area is 183 Å². The molecule has 1 aliphatic heterocycles. The quantitative estimate of drug-likeness (QED) is 0.243. The number of phenols is 1. The van der Waals surface area contributed by atoms with Crippen molar-refractivity contribution in [1.82, 2.24) is 15.5 Å². The fourth-order valence-electron chi connectivity index (χ4n) is 3.42. The lowest BCUT2D eigenvalue weighted by Gasteiger charge is -2.28. The van der Waals surface area contributed by atoms with Gasteiger partial charge in [0.2, 0.25) is 17.7 Å². The highest BCUT2D eigenvalue weighted by Crippen LogP contribution is 2.19. The summed E-state index contributed by atoms with van der Waals surface area (Å²) in [5.41, 5.74) is 6.25. The Balaban J connectivity index is 2.13. The Morgan fingerprint density at radius 2 is 1.75 bits per heavy atom. The summed E-state index contributed by atoms with van der Waals surface area (Å²) in [6.45, 7) is -0.420. The molecular weight excluding hydrogens is 424 g/mol. The van der Waals surface area contributed by atoms with Crippen LogP contribution < -0.4 is 16.4 Å². The SMILES string of the molecule is NC(CC(=O)O)C(=O)N1CCCC1C(=O)NC(Cc1ccc(O)cc1)C(=O)NCC(=O)O. The number of hydrogen-bond acceptors (Lipinski definition) is 7. The number of aromatic hydroxyl groups is 1. The van der Waals surface area contributed by atoms with Crippen molar-refractivity contribution in [3.63, 3.8) is 0 Å². The van der Waals surface area contributed by atoms with E-state index in [0.29, 0.717) is 18.4 Å². The van der Waals surface area contributed by atoms with E-state index >= 15 is 0 Å². The van der Waals surface area contributed by atoms with Crippen molar-refractivity contribution in [3.8, 4) is 5.75 Å². The molecule has 32 heavy (non-hydrogen) atoms. The van der Waals surface area contributed by atoms with Gasteiger partial charge < -0.3 is 36.6 Å². The van der Waals surface area contributed by atoms with Gasteiger partial charge in [-0.15, -0.1) is 0 Å². The number of nitrogens with one attached hydrogen (secondary N) is 2. The van der Waals surface area contributed by atoms with Crippen molar-refractivity contribution < 1.29 is 39.3 Å². The molecule has 1 fully saturated rings. The number of aliphatic carboxylic acids is 2. The number of carboxylic acids is 2. The zero-order valence-corrected chi connectivity index (χ0v) is 17.2. The Kier molecular flexibility index (Phi) is 8.53. The molecule has 174 valence electrons. The molecule has 12 heteroatoms. The molecule has 0 radical (unpaired) electrons. The second-order valence-electron chi connectivity index (χ2n) is 7.44. The smallest absolute Gasteiger partial charge is 0.322 e. The molecule has 3 atom stereocenters. The molecule has 1 aromatic carbocycles. The predicted octanol–water partition coefficient (Wildman–Crippen LogP) is -1.59. The lowest BCUT2D eigenvalue weighted by atomic mass is 10.0. The largest absolute Gasteiger partial charge is 0.508 e. The summed E-state index contributed by atoms with van der Waals surface area (Å²) in [5.74, 6) is -4.51. The first-order valence-electron chi connectivity index (χ1n) is 9.94. The number of likely N-dealkylation sites (tertiary alicyclic amines) is 1. The van der Waals surface area contributed by atoms with Crippen LogP contribution in [0.5, 0.6) is 5.75 Å². The van der Waals surface area contributed by atoms with Gasteiger partial charge in [0.25, 0.3) is 0 Å². The molecule has 2 rings (SSSR count). The fraction of sp³-hybridized carbons (Fsp3) is 0.450. The van der Waals surface area contributed by atoms with E-state index in [2.05, 4.69) is 10.6 Å². The van der Waals surface area contributed by atoms with E-state index in [1.807, 2.05) is 0 Å². The molecule has 0 spiro atoms. The third kappa shape index (κ3) is 6.94. The van der Waals surface area contributed by atoms with Crippen LogP contribution in [0.4, 0.5) is 0 Å². The maximum Gasteiger partial charge on any atom is 0.322 e. The predicted molar refractivity (Wildman–Crippen MR) is 109 cm³/mol. The second kappa shape index (κ2) is 11.1. The number of carbonyl (C=O) groups excluding carboxylic acids is 3. The first kappa shape index (κ1) is 24.6. The van der Waals surface area contributed by atoms with Crippen LogP contribution in [-0.4, -0.2) is 81.1 Å². The highest BCUT2D eigenvalue weighted by molar-refractivity contribution is 5.94. The van der Waals surface area contributed by atoms with Crippen LogP contribution in [0.3, 0.4) is 0 Å². The van der Waals surface area contributed by atoms with Crippen molar-refractivity contribution in [3.05, 3.63) is 29.8 Å². The topological polar surface area (TPSA) is 199 Å². The van der Waals surface area contributed by atoms with Crippen molar-refractivity contribution in [1.29, 1.82) is 0 Å². The molecule has 1 heterocycles. The van der Waals surface area contributed by atoms with E-state index < -0.39 is 60.8 Å². The van der Waals surface area contributed by atoms with Crippen molar-refractivity contribution in [2.24, 2.45) is 5.73 Å². The standard InChI is InChI=1S/C20H26N4O8/c21-13(9-16(26)27)20(32)24-7-1-2-15(24)19(31)23-14(18(30)22-10-17(28)29)8-11-3-5-12(25)6-4-11/h3-6,13-15,25H,1-2,7-10,21H2,(H,22,30)(H,23,31)(H,26,27)(H,28,29). The lowest BCUT2D eigenvalue weighted by Crippen LogP contribution is -2.56. The number of phenolic OH excluding ortho intramolecular Hbond substituents is 1. The third-order valence-corrected chi connectivity index (χ3v) is 4.97. The zero-order valence-electron chi connectivity index (χ0n) is 17.2. The molecule has 7 N–H and O–H groups in total. The first-order valence-corrected chi connectivity index (χ1v) is 9.94. The fourth-order valence-corrected chi connectivity index (χ4v) is 3.42. The summed E-state index contributed by atoms with van der Waals surface area (Å²) in [5, 5.41) is 31.8. The van der Waals surface area contributed by atoms with E-state index in [1.165, 1.54) is 17.0 Å². The number of hydrogen-bond donors (Lipinski definition) is 6. The van der Waals surface area contributed by atoms with E-state index in [1.54, 1.807) is 12.1 Å².